The second-order valence-electron chi connectivity index (χ2n) is 3.64. The fraction of sp³-hybridized carbons (Fsp3) is 0.400. The van der Waals surface area contributed by atoms with Crippen molar-refractivity contribution in [3.63, 3.8) is 0 Å². The van der Waals surface area contributed by atoms with E-state index >= 15 is 0 Å². The highest BCUT2D eigenvalue weighted by Gasteiger charge is 2.30. The van der Waals surface area contributed by atoms with E-state index in [1.165, 1.54) is 6.20 Å². The summed E-state index contributed by atoms with van der Waals surface area (Å²) in [6.07, 6.45) is 3.67. The molecule has 1 aromatic rings. The summed E-state index contributed by atoms with van der Waals surface area (Å²) in [4.78, 5) is 14.6. The first-order valence-corrected chi connectivity index (χ1v) is 4.63. The second kappa shape index (κ2) is 3.38. The third-order valence-electron chi connectivity index (χ3n) is 2.50. The Morgan fingerprint density at radius 1 is 1.57 bits per heavy atom. The van der Waals surface area contributed by atoms with Gasteiger partial charge in [-0.05, 0) is 30.9 Å². The molecule has 1 aliphatic carbocycles. The van der Waals surface area contributed by atoms with E-state index in [1.54, 1.807) is 12.1 Å². The molecule has 0 aliphatic heterocycles. The molecule has 0 saturated heterocycles. The summed E-state index contributed by atoms with van der Waals surface area (Å²) in [7, 11) is 0. The molecule has 1 heterocycles. The van der Waals surface area contributed by atoms with Crippen molar-refractivity contribution in [2.75, 3.05) is 0 Å². The summed E-state index contributed by atoms with van der Waals surface area (Å²) in [5.41, 5.74) is 6.91. The first kappa shape index (κ1) is 9.15. The molecule has 14 heavy (non-hydrogen) atoms. The third kappa shape index (κ3) is 1.75. The van der Waals surface area contributed by atoms with Crippen LogP contribution in [0.25, 0.3) is 0 Å². The number of pyridine rings is 1. The highest BCUT2D eigenvalue weighted by atomic mass is 16.4. The topological polar surface area (TPSA) is 76.2 Å². The van der Waals surface area contributed by atoms with Crippen molar-refractivity contribution in [2.24, 2.45) is 11.7 Å². The molecular weight excluding hydrogens is 180 g/mol. The summed E-state index contributed by atoms with van der Waals surface area (Å²) in [6, 6.07) is 3.22. The van der Waals surface area contributed by atoms with Gasteiger partial charge in [-0.1, -0.05) is 0 Å². The molecule has 0 radical (unpaired) electrons. The Labute approximate surface area is 81.8 Å². The summed E-state index contributed by atoms with van der Waals surface area (Å²) in [5, 5.41) is 8.66. The fourth-order valence-corrected chi connectivity index (χ4v) is 1.43. The Bertz CT molecular complexity index is 344. The van der Waals surface area contributed by atoms with Crippen LogP contribution in [0.1, 0.15) is 34.9 Å². The molecule has 0 aromatic carbocycles. The lowest BCUT2D eigenvalue weighted by molar-refractivity contribution is 0.0696. The summed E-state index contributed by atoms with van der Waals surface area (Å²) in [5.74, 6) is -0.415. The molecule has 1 fully saturated rings. The van der Waals surface area contributed by atoms with Crippen LogP contribution < -0.4 is 5.73 Å². The van der Waals surface area contributed by atoms with E-state index in [2.05, 4.69) is 4.98 Å². The van der Waals surface area contributed by atoms with Gasteiger partial charge in [0.2, 0.25) is 0 Å². The number of hydrogen-bond acceptors (Lipinski definition) is 3. The van der Waals surface area contributed by atoms with Crippen LogP contribution in [0.5, 0.6) is 0 Å². The van der Waals surface area contributed by atoms with Crippen LogP contribution in [-0.4, -0.2) is 16.1 Å². The number of aromatic nitrogens is 1. The number of rotatable bonds is 3. The Morgan fingerprint density at radius 2 is 2.29 bits per heavy atom. The highest BCUT2D eigenvalue weighted by molar-refractivity contribution is 5.87. The SMILES string of the molecule is NC(c1ccc(C(=O)O)cn1)C1CC1. The molecule has 4 nitrogen and oxygen atoms in total. The van der Waals surface area contributed by atoms with E-state index in [1.807, 2.05) is 0 Å². The van der Waals surface area contributed by atoms with E-state index in [-0.39, 0.29) is 11.6 Å². The van der Waals surface area contributed by atoms with E-state index in [4.69, 9.17) is 10.8 Å². The molecule has 1 unspecified atom stereocenters. The van der Waals surface area contributed by atoms with Gasteiger partial charge in [0.15, 0.2) is 0 Å². The Morgan fingerprint density at radius 3 is 2.71 bits per heavy atom. The van der Waals surface area contributed by atoms with Gasteiger partial charge in [0.25, 0.3) is 0 Å². The lowest BCUT2D eigenvalue weighted by atomic mass is 10.1. The van der Waals surface area contributed by atoms with E-state index in [0.29, 0.717) is 5.92 Å². The number of hydrogen-bond donors (Lipinski definition) is 2. The van der Waals surface area contributed by atoms with Crippen molar-refractivity contribution in [2.45, 2.75) is 18.9 Å². The molecule has 1 atom stereocenters. The standard InChI is InChI=1S/C10H12N2O2/c11-9(6-1-2-6)8-4-3-7(5-12-8)10(13)14/h3-6,9H,1-2,11H2,(H,13,14). The summed E-state index contributed by atoms with van der Waals surface area (Å²) in [6.45, 7) is 0. The lowest BCUT2D eigenvalue weighted by Gasteiger charge is -2.08. The number of carboxylic acids is 1. The van der Waals surface area contributed by atoms with Crippen LogP contribution in [0.4, 0.5) is 0 Å². The largest absolute Gasteiger partial charge is 0.478 e. The average molecular weight is 192 g/mol. The number of carbonyl (C=O) groups is 1. The zero-order valence-corrected chi connectivity index (χ0v) is 7.68. The third-order valence-corrected chi connectivity index (χ3v) is 2.50. The van der Waals surface area contributed by atoms with Gasteiger partial charge in [-0.2, -0.15) is 0 Å². The summed E-state index contributed by atoms with van der Waals surface area (Å²) >= 11 is 0. The molecule has 1 saturated carbocycles. The fourth-order valence-electron chi connectivity index (χ4n) is 1.43. The van der Waals surface area contributed by atoms with E-state index in [0.717, 1.165) is 18.5 Å². The quantitative estimate of drug-likeness (QED) is 0.754. The van der Waals surface area contributed by atoms with Crippen LogP contribution in [0.2, 0.25) is 0 Å². The molecular formula is C10H12N2O2. The Balaban J connectivity index is 2.16. The zero-order chi connectivity index (χ0) is 10.1. The number of nitrogens with zero attached hydrogens (tertiary/aromatic N) is 1. The summed E-state index contributed by atoms with van der Waals surface area (Å²) < 4.78 is 0. The minimum absolute atomic E-state index is 0.0298. The predicted molar refractivity (Wildman–Crippen MR) is 50.8 cm³/mol. The van der Waals surface area contributed by atoms with E-state index in [9.17, 15) is 4.79 Å². The van der Waals surface area contributed by atoms with Crippen LogP contribution in [0.15, 0.2) is 18.3 Å². The van der Waals surface area contributed by atoms with Gasteiger partial charge in [0, 0.05) is 12.2 Å². The Kier molecular flexibility index (Phi) is 2.21. The molecule has 1 aliphatic rings. The zero-order valence-electron chi connectivity index (χ0n) is 7.68. The van der Waals surface area contributed by atoms with Gasteiger partial charge in [-0.15, -0.1) is 0 Å². The molecule has 0 spiro atoms. The monoisotopic (exact) mass is 192 g/mol. The van der Waals surface area contributed by atoms with Gasteiger partial charge in [0.05, 0.1) is 11.3 Å². The minimum Gasteiger partial charge on any atom is -0.478 e. The van der Waals surface area contributed by atoms with Crippen molar-refractivity contribution in [3.05, 3.63) is 29.6 Å². The molecule has 0 bridgehead atoms. The van der Waals surface area contributed by atoms with Gasteiger partial charge in [0.1, 0.15) is 0 Å². The molecule has 3 N–H and O–H groups in total. The van der Waals surface area contributed by atoms with Crippen LogP contribution in [0, 0.1) is 5.92 Å². The normalized spacial score (nSPS) is 17.8. The maximum Gasteiger partial charge on any atom is 0.337 e. The van der Waals surface area contributed by atoms with Crippen molar-refractivity contribution >= 4 is 5.97 Å². The highest BCUT2D eigenvalue weighted by Crippen LogP contribution is 2.38. The van der Waals surface area contributed by atoms with Crippen LogP contribution in [-0.2, 0) is 0 Å². The molecule has 4 heteroatoms. The van der Waals surface area contributed by atoms with Crippen molar-refractivity contribution in [1.29, 1.82) is 0 Å². The van der Waals surface area contributed by atoms with Gasteiger partial charge < -0.3 is 10.8 Å². The van der Waals surface area contributed by atoms with Crippen molar-refractivity contribution in [1.82, 2.24) is 4.98 Å². The molecule has 1 aromatic heterocycles. The number of carboxylic acid groups (broad SMARTS) is 1. The first-order chi connectivity index (χ1) is 6.68. The van der Waals surface area contributed by atoms with Crippen molar-refractivity contribution in [3.8, 4) is 0 Å². The van der Waals surface area contributed by atoms with Crippen LogP contribution >= 0.6 is 0 Å². The first-order valence-electron chi connectivity index (χ1n) is 4.63. The minimum atomic E-state index is -0.955. The number of aromatic carboxylic acids is 1. The molecule has 74 valence electrons. The second-order valence-corrected chi connectivity index (χ2v) is 3.64. The number of nitrogens with two attached hydrogens (primary N) is 1. The van der Waals surface area contributed by atoms with Crippen molar-refractivity contribution < 1.29 is 9.90 Å². The molecule has 2 rings (SSSR count). The van der Waals surface area contributed by atoms with Gasteiger partial charge in [-0.25, -0.2) is 4.79 Å². The van der Waals surface area contributed by atoms with Crippen LogP contribution in [0.3, 0.4) is 0 Å². The Hall–Kier alpha value is -1.42. The predicted octanol–water partition coefficient (Wildman–Crippen LogP) is 1.19. The van der Waals surface area contributed by atoms with Gasteiger partial charge >= 0.3 is 5.97 Å². The van der Waals surface area contributed by atoms with Gasteiger partial charge in [-0.3, -0.25) is 4.98 Å². The van der Waals surface area contributed by atoms with E-state index < -0.39 is 5.97 Å². The smallest absolute Gasteiger partial charge is 0.337 e. The maximum atomic E-state index is 10.6. The lowest BCUT2D eigenvalue weighted by Crippen LogP contribution is -2.14. The average Bonchev–Trinajstić information content (AvgIpc) is 3.00. The molecule has 0 amide bonds. The maximum absolute atomic E-state index is 10.6.